The van der Waals surface area contributed by atoms with E-state index in [1.165, 1.54) is 24.3 Å². The summed E-state index contributed by atoms with van der Waals surface area (Å²) < 4.78 is 29.4. The van der Waals surface area contributed by atoms with E-state index in [1.54, 1.807) is 30.5 Å². The van der Waals surface area contributed by atoms with Gasteiger partial charge in [-0.25, -0.2) is 13.4 Å². The number of imidazole rings is 1. The Labute approximate surface area is 174 Å². The van der Waals surface area contributed by atoms with Gasteiger partial charge in [0, 0.05) is 41.8 Å². The average Bonchev–Trinajstić information content (AvgIpc) is 3.11. The first kappa shape index (κ1) is 20.9. The number of carbonyl (C=O) groups excluding carboxylic acids is 1. The molecule has 0 atom stereocenters. The molecule has 3 rings (SSSR count). The first-order valence-corrected chi connectivity index (χ1v) is 10.9. The molecular weight excluding hydrogens is 412 g/mol. The van der Waals surface area contributed by atoms with Crippen LogP contribution in [-0.2, 0) is 16.6 Å². The summed E-state index contributed by atoms with van der Waals surface area (Å²) in [6, 6.07) is 12.1. The number of carbonyl (C=O) groups is 1. The first-order chi connectivity index (χ1) is 13.8. The number of halogens is 1. The zero-order valence-corrected chi connectivity index (χ0v) is 17.4. The summed E-state index contributed by atoms with van der Waals surface area (Å²) in [5, 5.41) is 3.35. The van der Waals surface area contributed by atoms with Gasteiger partial charge in [-0.1, -0.05) is 11.6 Å². The molecule has 1 amide bonds. The molecule has 3 aromatic rings. The zero-order valence-electron chi connectivity index (χ0n) is 15.8. The van der Waals surface area contributed by atoms with Gasteiger partial charge in [-0.2, -0.15) is 0 Å². The van der Waals surface area contributed by atoms with Crippen LogP contribution in [0.4, 0.5) is 5.69 Å². The molecule has 0 aliphatic heterocycles. The molecule has 0 saturated carbocycles. The largest absolute Gasteiger partial charge is 0.352 e. The van der Waals surface area contributed by atoms with Crippen molar-refractivity contribution in [3.05, 3.63) is 77.3 Å². The highest BCUT2D eigenvalue weighted by Crippen LogP contribution is 2.18. The van der Waals surface area contributed by atoms with Crippen molar-refractivity contribution in [2.75, 3.05) is 11.3 Å². The molecule has 0 saturated heterocycles. The summed E-state index contributed by atoms with van der Waals surface area (Å²) in [5.74, 6) is 0.683. The van der Waals surface area contributed by atoms with Crippen molar-refractivity contribution in [3.8, 4) is 0 Å². The third-order valence-electron chi connectivity index (χ3n) is 4.31. The van der Waals surface area contributed by atoms with E-state index >= 15 is 0 Å². The van der Waals surface area contributed by atoms with Gasteiger partial charge in [0.2, 0.25) is 0 Å². The number of sulfonamides is 1. The van der Waals surface area contributed by atoms with Crippen molar-refractivity contribution < 1.29 is 13.2 Å². The third kappa shape index (κ3) is 5.58. The number of rotatable bonds is 8. The van der Waals surface area contributed by atoms with Crippen LogP contribution in [0.1, 0.15) is 22.6 Å². The van der Waals surface area contributed by atoms with Crippen molar-refractivity contribution in [2.24, 2.45) is 0 Å². The summed E-state index contributed by atoms with van der Waals surface area (Å²) >= 11 is 5.81. The minimum absolute atomic E-state index is 0.0691. The monoisotopic (exact) mass is 432 g/mol. The number of nitrogens with one attached hydrogen (secondary N) is 2. The van der Waals surface area contributed by atoms with Crippen molar-refractivity contribution in [1.29, 1.82) is 0 Å². The summed E-state index contributed by atoms with van der Waals surface area (Å²) in [6.45, 7) is 3.20. The van der Waals surface area contributed by atoms with Gasteiger partial charge < -0.3 is 9.88 Å². The van der Waals surface area contributed by atoms with Crippen LogP contribution in [0.3, 0.4) is 0 Å². The molecule has 0 fully saturated rings. The van der Waals surface area contributed by atoms with Crippen molar-refractivity contribution in [2.45, 2.75) is 24.8 Å². The van der Waals surface area contributed by atoms with Gasteiger partial charge >= 0.3 is 0 Å². The summed E-state index contributed by atoms with van der Waals surface area (Å²) in [5.41, 5.74) is 0.804. The first-order valence-electron chi connectivity index (χ1n) is 8.99. The SMILES string of the molecule is Cc1nccn1CCCNC(=O)c1ccc(S(=O)(=O)Nc2ccc(Cl)cc2)cc1. The molecule has 0 radical (unpaired) electrons. The number of hydrogen-bond acceptors (Lipinski definition) is 4. The minimum Gasteiger partial charge on any atom is -0.352 e. The smallest absolute Gasteiger partial charge is 0.261 e. The Balaban J connectivity index is 1.55. The van der Waals surface area contributed by atoms with E-state index in [2.05, 4.69) is 15.0 Å². The molecule has 7 nitrogen and oxygen atoms in total. The second-order valence-corrected chi connectivity index (χ2v) is 8.53. The van der Waals surface area contributed by atoms with Crippen molar-refractivity contribution in [1.82, 2.24) is 14.9 Å². The molecule has 2 N–H and O–H groups in total. The van der Waals surface area contributed by atoms with Crippen LogP contribution in [0.15, 0.2) is 65.8 Å². The second kappa shape index (κ2) is 9.11. The van der Waals surface area contributed by atoms with Crippen LogP contribution in [0.5, 0.6) is 0 Å². The lowest BCUT2D eigenvalue weighted by Crippen LogP contribution is -2.25. The molecular formula is C20H21ClN4O3S. The lowest BCUT2D eigenvalue weighted by atomic mass is 10.2. The molecule has 29 heavy (non-hydrogen) atoms. The van der Waals surface area contributed by atoms with E-state index in [0.29, 0.717) is 22.8 Å². The van der Waals surface area contributed by atoms with Gasteiger partial charge in [-0.15, -0.1) is 0 Å². The summed E-state index contributed by atoms with van der Waals surface area (Å²) in [7, 11) is -3.75. The van der Waals surface area contributed by atoms with E-state index in [1.807, 2.05) is 17.7 Å². The maximum atomic E-state index is 12.5. The van der Waals surface area contributed by atoms with Crippen LogP contribution in [0.2, 0.25) is 5.02 Å². The molecule has 2 aromatic carbocycles. The van der Waals surface area contributed by atoms with Crippen LogP contribution in [0, 0.1) is 6.92 Å². The van der Waals surface area contributed by atoms with Crippen LogP contribution in [-0.4, -0.2) is 30.4 Å². The normalized spacial score (nSPS) is 11.2. The van der Waals surface area contributed by atoms with Crippen LogP contribution >= 0.6 is 11.6 Å². The fourth-order valence-corrected chi connectivity index (χ4v) is 3.90. The lowest BCUT2D eigenvalue weighted by molar-refractivity contribution is 0.0952. The van der Waals surface area contributed by atoms with E-state index in [-0.39, 0.29) is 10.8 Å². The Bertz CT molecular complexity index is 1080. The van der Waals surface area contributed by atoms with E-state index in [9.17, 15) is 13.2 Å². The summed E-state index contributed by atoms with van der Waals surface area (Å²) in [4.78, 5) is 16.5. The highest BCUT2D eigenvalue weighted by Gasteiger charge is 2.15. The molecule has 1 heterocycles. The molecule has 1 aromatic heterocycles. The minimum atomic E-state index is -3.75. The zero-order chi connectivity index (χ0) is 20.9. The van der Waals surface area contributed by atoms with E-state index in [0.717, 1.165) is 18.8 Å². The maximum Gasteiger partial charge on any atom is 0.261 e. The molecule has 0 bridgehead atoms. The number of anilines is 1. The number of amides is 1. The fraction of sp³-hybridized carbons (Fsp3) is 0.200. The number of benzene rings is 2. The Hall–Kier alpha value is -2.84. The lowest BCUT2D eigenvalue weighted by Gasteiger charge is -2.10. The highest BCUT2D eigenvalue weighted by atomic mass is 35.5. The Morgan fingerprint density at radius 1 is 1.10 bits per heavy atom. The van der Waals surface area contributed by atoms with E-state index < -0.39 is 10.0 Å². The van der Waals surface area contributed by atoms with Crippen molar-refractivity contribution >= 4 is 33.2 Å². The van der Waals surface area contributed by atoms with Gasteiger partial charge in [0.25, 0.3) is 15.9 Å². The molecule has 0 aliphatic carbocycles. The molecule has 152 valence electrons. The van der Waals surface area contributed by atoms with E-state index in [4.69, 9.17) is 11.6 Å². The molecule has 0 aliphatic rings. The quantitative estimate of drug-likeness (QED) is 0.533. The Kier molecular flexibility index (Phi) is 6.56. The van der Waals surface area contributed by atoms with Gasteiger partial charge in [0.1, 0.15) is 5.82 Å². The van der Waals surface area contributed by atoms with Crippen LogP contribution in [0.25, 0.3) is 0 Å². The fourth-order valence-electron chi connectivity index (χ4n) is 2.71. The summed E-state index contributed by atoms with van der Waals surface area (Å²) in [6.07, 6.45) is 4.40. The number of nitrogens with zero attached hydrogens (tertiary/aromatic N) is 2. The number of aromatic nitrogens is 2. The molecule has 0 spiro atoms. The highest BCUT2D eigenvalue weighted by molar-refractivity contribution is 7.92. The predicted octanol–water partition coefficient (Wildman–Crippen LogP) is 3.47. The molecule has 0 unspecified atom stereocenters. The van der Waals surface area contributed by atoms with Gasteiger partial charge in [0.15, 0.2) is 0 Å². The van der Waals surface area contributed by atoms with Gasteiger partial charge in [0.05, 0.1) is 4.90 Å². The maximum absolute atomic E-state index is 12.5. The third-order valence-corrected chi connectivity index (χ3v) is 5.96. The number of aryl methyl sites for hydroxylation is 2. The Morgan fingerprint density at radius 2 is 1.79 bits per heavy atom. The van der Waals surface area contributed by atoms with Gasteiger partial charge in [-0.05, 0) is 61.9 Å². The topological polar surface area (TPSA) is 93.1 Å². The number of hydrogen-bond donors (Lipinski definition) is 2. The molecule has 9 heteroatoms. The average molecular weight is 433 g/mol. The Morgan fingerprint density at radius 3 is 2.41 bits per heavy atom. The van der Waals surface area contributed by atoms with Gasteiger partial charge in [-0.3, -0.25) is 9.52 Å². The van der Waals surface area contributed by atoms with Crippen molar-refractivity contribution in [3.63, 3.8) is 0 Å². The second-order valence-electron chi connectivity index (χ2n) is 6.41. The predicted molar refractivity (Wildman–Crippen MR) is 113 cm³/mol. The van der Waals surface area contributed by atoms with Crippen LogP contribution < -0.4 is 10.0 Å². The standard InChI is InChI=1S/C20H21ClN4O3S/c1-15-22-12-14-25(15)13-2-11-23-20(26)16-3-9-19(10-4-16)29(27,28)24-18-7-5-17(21)6-8-18/h3-10,12,14,24H,2,11,13H2,1H3,(H,23,26).